The second-order valence-corrected chi connectivity index (χ2v) is 9.03. The molecule has 162 valence electrons. The Bertz CT molecular complexity index is 682. The number of hydrogen-bond donors (Lipinski definition) is 3. The van der Waals surface area contributed by atoms with Gasteiger partial charge in [-0.05, 0) is 49.8 Å². The molecule has 0 saturated heterocycles. The number of esters is 1. The maximum Gasteiger partial charge on any atom is 0.338 e. The Hall–Kier alpha value is -1.28. The summed E-state index contributed by atoms with van der Waals surface area (Å²) in [4.78, 5) is 23.8. The summed E-state index contributed by atoms with van der Waals surface area (Å²) in [5.74, 6) is -0.635. The first kappa shape index (κ1) is 25.8. The number of carbonyl (C=O) groups is 2. The van der Waals surface area contributed by atoms with Gasteiger partial charge in [-0.2, -0.15) is 0 Å². The third kappa shape index (κ3) is 10.3. The lowest BCUT2D eigenvalue weighted by Gasteiger charge is -2.27. The maximum absolute atomic E-state index is 12.1. The molecule has 10 heteroatoms. The predicted octanol–water partition coefficient (Wildman–Crippen LogP) is 4.93. The van der Waals surface area contributed by atoms with Crippen molar-refractivity contribution < 1.29 is 14.3 Å². The van der Waals surface area contributed by atoms with Crippen LogP contribution in [0.3, 0.4) is 0 Å². The summed E-state index contributed by atoms with van der Waals surface area (Å²) in [7, 11) is 0. The minimum absolute atomic E-state index is 0.150. The standard InChI is InChI=1S/C19H26Cl3N3O3S/c1-3-5-6-7-8-15(26)24-17(19(20,21)22)25-18(29)23-14-11-9-13(10-12-14)16(27)28-4-2/h9-12,17H,3-8H2,1-2H3,(H,24,26)(H2,23,25,29)/t17-/m1/s1. The number of thiocarbonyl (C=S) groups is 1. The second-order valence-electron chi connectivity index (χ2n) is 6.25. The van der Waals surface area contributed by atoms with E-state index in [9.17, 15) is 9.59 Å². The van der Waals surface area contributed by atoms with Crippen LogP contribution in [0.25, 0.3) is 0 Å². The van der Waals surface area contributed by atoms with Crippen LogP contribution in [-0.4, -0.2) is 33.6 Å². The summed E-state index contributed by atoms with van der Waals surface area (Å²) < 4.78 is 3.13. The van der Waals surface area contributed by atoms with Crippen LogP contribution in [0, 0.1) is 0 Å². The molecule has 0 spiro atoms. The molecule has 0 bridgehead atoms. The quantitative estimate of drug-likeness (QED) is 0.144. The molecule has 0 fully saturated rings. The van der Waals surface area contributed by atoms with Gasteiger partial charge in [-0.1, -0.05) is 61.0 Å². The molecule has 0 aliphatic carbocycles. The zero-order valence-electron chi connectivity index (χ0n) is 16.4. The first-order valence-electron chi connectivity index (χ1n) is 9.38. The van der Waals surface area contributed by atoms with Gasteiger partial charge < -0.3 is 20.7 Å². The first-order chi connectivity index (χ1) is 13.7. The van der Waals surface area contributed by atoms with Crippen LogP contribution in [0.1, 0.15) is 56.3 Å². The molecular formula is C19H26Cl3N3O3S. The van der Waals surface area contributed by atoms with E-state index in [1.165, 1.54) is 0 Å². The zero-order chi connectivity index (χ0) is 21.9. The zero-order valence-corrected chi connectivity index (χ0v) is 19.5. The number of nitrogens with one attached hydrogen (secondary N) is 3. The van der Waals surface area contributed by atoms with E-state index in [1.807, 2.05) is 0 Å². The maximum atomic E-state index is 12.1. The normalized spacial score (nSPS) is 12.0. The van der Waals surface area contributed by atoms with E-state index in [0.717, 1.165) is 25.7 Å². The lowest BCUT2D eigenvalue weighted by atomic mass is 10.1. The van der Waals surface area contributed by atoms with E-state index in [1.54, 1.807) is 31.2 Å². The van der Waals surface area contributed by atoms with Gasteiger partial charge in [0.15, 0.2) is 5.11 Å². The number of unbranched alkanes of at least 4 members (excludes halogenated alkanes) is 3. The number of halogens is 3. The Morgan fingerprint density at radius 2 is 1.72 bits per heavy atom. The molecule has 0 unspecified atom stereocenters. The Morgan fingerprint density at radius 3 is 2.28 bits per heavy atom. The molecule has 0 aliphatic rings. The molecule has 6 nitrogen and oxygen atoms in total. The lowest BCUT2D eigenvalue weighted by molar-refractivity contribution is -0.122. The molecule has 0 aromatic heterocycles. The molecule has 0 heterocycles. The molecule has 0 saturated carbocycles. The Morgan fingerprint density at radius 1 is 1.07 bits per heavy atom. The minimum atomic E-state index is -1.81. The number of benzene rings is 1. The fourth-order valence-corrected chi connectivity index (χ4v) is 2.91. The van der Waals surface area contributed by atoms with E-state index in [2.05, 4.69) is 22.9 Å². The molecule has 1 atom stereocenters. The van der Waals surface area contributed by atoms with Crippen molar-refractivity contribution in [3.8, 4) is 0 Å². The van der Waals surface area contributed by atoms with Crippen molar-refractivity contribution in [3.05, 3.63) is 29.8 Å². The van der Waals surface area contributed by atoms with Gasteiger partial charge in [0.25, 0.3) is 0 Å². The number of alkyl halides is 3. The highest BCUT2D eigenvalue weighted by Gasteiger charge is 2.34. The van der Waals surface area contributed by atoms with Gasteiger partial charge in [-0.25, -0.2) is 4.79 Å². The van der Waals surface area contributed by atoms with Crippen molar-refractivity contribution >= 4 is 69.7 Å². The SMILES string of the molecule is CCCCCCC(=O)N[C@H](NC(=S)Nc1ccc(C(=O)OCC)cc1)C(Cl)(Cl)Cl. The van der Waals surface area contributed by atoms with Crippen LogP contribution < -0.4 is 16.0 Å². The first-order valence-corrected chi connectivity index (χ1v) is 10.9. The van der Waals surface area contributed by atoms with E-state index >= 15 is 0 Å². The van der Waals surface area contributed by atoms with Crippen molar-refractivity contribution in [2.24, 2.45) is 0 Å². The van der Waals surface area contributed by atoms with Crippen molar-refractivity contribution in [3.63, 3.8) is 0 Å². The van der Waals surface area contributed by atoms with Gasteiger partial charge in [-0.3, -0.25) is 4.79 Å². The summed E-state index contributed by atoms with van der Waals surface area (Å²) in [6.45, 7) is 4.14. The van der Waals surface area contributed by atoms with Crippen molar-refractivity contribution in [2.75, 3.05) is 11.9 Å². The van der Waals surface area contributed by atoms with Crippen LogP contribution in [0.4, 0.5) is 5.69 Å². The third-order valence-corrected chi connectivity index (χ3v) is 4.69. The number of anilines is 1. The monoisotopic (exact) mass is 481 g/mol. The van der Waals surface area contributed by atoms with Crippen molar-refractivity contribution in [2.45, 2.75) is 55.9 Å². The van der Waals surface area contributed by atoms with Gasteiger partial charge in [-0.15, -0.1) is 0 Å². The van der Waals surface area contributed by atoms with Gasteiger partial charge in [0.2, 0.25) is 9.70 Å². The highest BCUT2D eigenvalue weighted by molar-refractivity contribution is 7.80. The summed E-state index contributed by atoms with van der Waals surface area (Å²) in [6.07, 6.45) is 3.22. The molecule has 0 radical (unpaired) electrons. The average Bonchev–Trinajstić information content (AvgIpc) is 2.64. The summed E-state index contributed by atoms with van der Waals surface area (Å²) in [6, 6.07) is 6.54. The molecule has 0 aliphatic heterocycles. The number of carbonyl (C=O) groups excluding carboxylic acids is 2. The Balaban J connectivity index is 2.62. The molecule has 1 aromatic rings. The topological polar surface area (TPSA) is 79.5 Å². The number of ether oxygens (including phenoxy) is 1. The van der Waals surface area contributed by atoms with E-state index in [4.69, 9.17) is 51.8 Å². The van der Waals surface area contributed by atoms with Crippen molar-refractivity contribution in [1.29, 1.82) is 0 Å². The van der Waals surface area contributed by atoms with Crippen LogP contribution in [0.5, 0.6) is 0 Å². The molecule has 3 N–H and O–H groups in total. The largest absolute Gasteiger partial charge is 0.462 e. The number of rotatable bonds is 10. The van der Waals surface area contributed by atoms with E-state index in [-0.39, 0.29) is 11.0 Å². The predicted molar refractivity (Wildman–Crippen MR) is 123 cm³/mol. The molecular weight excluding hydrogens is 457 g/mol. The molecule has 1 amide bonds. The minimum Gasteiger partial charge on any atom is -0.462 e. The highest BCUT2D eigenvalue weighted by atomic mass is 35.6. The molecule has 1 rings (SSSR count). The van der Waals surface area contributed by atoms with Gasteiger partial charge in [0.05, 0.1) is 12.2 Å². The second kappa shape index (κ2) is 13.1. The van der Waals surface area contributed by atoms with Gasteiger partial charge >= 0.3 is 5.97 Å². The summed E-state index contributed by atoms with van der Waals surface area (Å²) in [5.41, 5.74) is 1.04. The van der Waals surface area contributed by atoms with Crippen LogP contribution >= 0.6 is 47.0 Å². The summed E-state index contributed by atoms with van der Waals surface area (Å²) in [5, 5.41) is 8.52. The lowest BCUT2D eigenvalue weighted by Crippen LogP contribution is -2.56. The Labute approximate surface area is 192 Å². The third-order valence-electron chi connectivity index (χ3n) is 3.82. The van der Waals surface area contributed by atoms with Crippen molar-refractivity contribution in [1.82, 2.24) is 10.6 Å². The highest BCUT2D eigenvalue weighted by Crippen LogP contribution is 2.29. The van der Waals surface area contributed by atoms with Crippen LogP contribution in [0.15, 0.2) is 24.3 Å². The fraction of sp³-hybridized carbons (Fsp3) is 0.526. The number of amides is 1. The summed E-state index contributed by atoms with van der Waals surface area (Å²) >= 11 is 23.2. The molecule has 1 aromatic carbocycles. The van der Waals surface area contributed by atoms with Gasteiger partial charge in [0, 0.05) is 12.1 Å². The smallest absolute Gasteiger partial charge is 0.338 e. The Kier molecular flexibility index (Phi) is 11.6. The number of hydrogen-bond acceptors (Lipinski definition) is 4. The molecule has 29 heavy (non-hydrogen) atoms. The van der Waals surface area contributed by atoms with Gasteiger partial charge in [0.1, 0.15) is 6.17 Å². The fourth-order valence-electron chi connectivity index (χ4n) is 2.35. The van der Waals surface area contributed by atoms with E-state index < -0.39 is 15.9 Å². The van der Waals surface area contributed by atoms with Crippen LogP contribution in [-0.2, 0) is 9.53 Å². The average molecular weight is 483 g/mol. The van der Waals surface area contributed by atoms with Crippen LogP contribution in [0.2, 0.25) is 0 Å². The van der Waals surface area contributed by atoms with E-state index in [0.29, 0.717) is 24.3 Å².